The van der Waals surface area contributed by atoms with Crippen molar-refractivity contribution in [2.45, 2.75) is 56.8 Å². The summed E-state index contributed by atoms with van der Waals surface area (Å²) in [7, 11) is 0.773. The zero-order valence-corrected chi connectivity index (χ0v) is 37.2. The van der Waals surface area contributed by atoms with Gasteiger partial charge in [-0.3, -0.25) is 0 Å². The molecule has 0 saturated heterocycles. The first kappa shape index (κ1) is 37.1. The molecule has 1 N–H and O–H groups in total. The van der Waals surface area contributed by atoms with Crippen LogP contribution >= 0.6 is 0 Å². The van der Waals surface area contributed by atoms with Gasteiger partial charge in [-0.1, -0.05) is 167 Å². The van der Waals surface area contributed by atoms with Crippen molar-refractivity contribution < 1.29 is 4.42 Å². The summed E-state index contributed by atoms with van der Waals surface area (Å²) in [5, 5.41) is 8.74. The Kier molecular flexibility index (Phi) is 7.38. The van der Waals surface area contributed by atoms with E-state index < -0.39 is 5.41 Å². The maximum absolute atomic E-state index is 7.06. The number of nitrogens with one attached hydrogen (secondary N) is 1. The Morgan fingerprint density at radius 1 is 0.508 bits per heavy atom. The average Bonchev–Trinajstić information content (AvgIpc) is 3.85. The van der Waals surface area contributed by atoms with E-state index in [1.54, 1.807) is 0 Å². The molecule has 1 spiro atoms. The number of furan rings is 1. The van der Waals surface area contributed by atoms with Gasteiger partial charge < -0.3 is 14.6 Å². The highest BCUT2D eigenvalue weighted by molar-refractivity contribution is 6.74. The van der Waals surface area contributed by atoms with E-state index in [2.05, 4.69) is 214 Å². The quantitative estimate of drug-likeness (QED) is 0.180. The lowest BCUT2D eigenvalue weighted by Crippen LogP contribution is -2.47. The van der Waals surface area contributed by atoms with Crippen LogP contribution in [0.5, 0.6) is 0 Å². The molecule has 0 fully saturated rings. The van der Waals surface area contributed by atoms with Gasteiger partial charge in [0.2, 0.25) is 0 Å². The minimum Gasteiger partial charge on any atom is -0.455 e. The standard InChI is InChI=1S/C61H47BN2O/c1-59(2)32-33-60(3,4)49-35-37(28-30-46(49)59)63-51-31-29-42-41-20-9-14-27-53(41)65-58(42)54(51)43-34-36-16-5-6-17-38(36)56-55(43)62-50-25-15-24-48-57(50)64(56)52-26-13-12-23-47(52)61(48)44-21-10-7-18-39(44)40-19-8-11-22-45(40)61/h5-31,34-35,62-63H,32-33H2,1-4H3. The molecule has 0 bridgehead atoms. The molecule has 65 heavy (non-hydrogen) atoms. The van der Waals surface area contributed by atoms with E-state index in [4.69, 9.17) is 4.42 Å². The molecule has 2 aliphatic heterocycles. The number of hydrogen-bond donors (Lipinski definition) is 1. The van der Waals surface area contributed by atoms with Crippen LogP contribution in [0.15, 0.2) is 180 Å². The van der Waals surface area contributed by atoms with Gasteiger partial charge in [0, 0.05) is 38.8 Å². The summed E-state index contributed by atoms with van der Waals surface area (Å²) in [6.45, 7) is 9.62. The van der Waals surface area contributed by atoms with E-state index >= 15 is 0 Å². The molecule has 310 valence electrons. The fourth-order valence-electron chi connectivity index (χ4n) is 12.8. The van der Waals surface area contributed by atoms with E-state index in [1.165, 1.54) is 102 Å². The topological polar surface area (TPSA) is 28.4 Å². The lowest BCUT2D eigenvalue weighted by Gasteiger charge is -2.48. The number of benzene rings is 9. The molecule has 0 saturated carbocycles. The van der Waals surface area contributed by atoms with Gasteiger partial charge in [0.05, 0.1) is 16.8 Å². The Labute approximate surface area is 380 Å². The van der Waals surface area contributed by atoms with Crippen LogP contribution in [-0.4, -0.2) is 7.28 Å². The predicted octanol–water partition coefficient (Wildman–Crippen LogP) is 14.3. The van der Waals surface area contributed by atoms with E-state index in [1.807, 2.05) is 0 Å². The van der Waals surface area contributed by atoms with Crippen LogP contribution in [-0.2, 0) is 16.2 Å². The van der Waals surface area contributed by atoms with Crippen LogP contribution in [0.25, 0.3) is 55.0 Å². The lowest BCUT2D eigenvalue weighted by molar-refractivity contribution is 0.332. The molecular weight excluding hydrogens is 787 g/mol. The van der Waals surface area contributed by atoms with Gasteiger partial charge in [-0.15, -0.1) is 0 Å². The van der Waals surface area contributed by atoms with Crippen molar-refractivity contribution in [2.24, 2.45) is 0 Å². The van der Waals surface area contributed by atoms with Crippen molar-refractivity contribution in [3.63, 3.8) is 0 Å². The van der Waals surface area contributed by atoms with E-state index in [0.29, 0.717) is 0 Å². The molecule has 0 amide bonds. The normalized spacial score (nSPS) is 16.3. The third kappa shape index (κ3) is 4.87. The summed E-state index contributed by atoms with van der Waals surface area (Å²) < 4.78 is 7.06. The van der Waals surface area contributed by atoms with Gasteiger partial charge >= 0.3 is 0 Å². The Morgan fingerprint density at radius 3 is 1.97 bits per heavy atom. The molecule has 9 aromatic carbocycles. The van der Waals surface area contributed by atoms with Crippen molar-refractivity contribution in [1.82, 2.24) is 0 Å². The molecule has 1 aromatic heterocycles. The Morgan fingerprint density at radius 2 is 1.17 bits per heavy atom. The van der Waals surface area contributed by atoms with Crippen molar-refractivity contribution in [1.29, 1.82) is 0 Å². The fraction of sp³-hybridized carbons (Fsp3) is 0.148. The Balaban J connectivity index is 1.06. The number of rotatable bonds is 3. The maximum Gasteiger partial charge on any atom is 0.198 e. The monoisotopic (exact) mass is 834 g/mol. The summed E-state index contributed by atoms with van der Waals surface area (Å²) in [5.74, 6) is 0. The first-order chi connectivity index (χ1) is 31.7. The molecule has 10 aromatic rings. The highest BCUT2D eigenvalue weighted by atomic mass is 16.3. The van der Waals surface area contributed by atoms with Crippen molar-refractivity contribution >= 4 is 79.4 Å². The molecule has 14 rings (SSSR count). The molecule has 3 nitrogen and oxygen atoms in total. The predicted molar refractivity (Wildman–Crippen MR) is 274 cm³/mol. The average molecular weight is 835 g/mol. The van der Waals surface area contributed by atoms with E-state index in [9.17, 15) is 0 Å². The molecule has 4 heteroatoms. The van der Waals surface area contributed by atoms with Gasteiger partial charge in [0.15, 0.2) is 7.28 Å². The minimum atomic E-state index is -0.466. The molecule has 4 aliphatic rings. The number of anilines is 5. The van der Waals surface area contributed by atoms with E-state index in [-0.39, 0.29) is 10.8 Å². The van der Waals surface area contributed by atoms with Crippen LogP contribution in [0.4, 0.5) is 28.4 Å². The summed E-state index contributed by atoms with van der Waals surface area (Å²) in [6, 6.07) is 66.1. The molecule has 0 radical (unpaired) electrons. The minimum absolute atomic E-state index is 0.0870. The lowest BCUT2D eigenvalue weighted by atomic mass is 9.54. The first-order valence-corrected chi connectivity index (χ1v) is 23.4. The van der Waals surface area contributed by atoms with Crippen LogP contribution in [0.1, 0.15) is 73.9 Å². The van der Waals surface area contributed by atoms with Gasteiger partial charge in [-0.25, -0.2) is 0 Å². The van der Waals surface area contributed by atoms with Crippen molar-refractivity contribution in [3.8, 4) is 22.3 Å². The highest BCUT2D eigenvalue weighted by Crippen LogP contribution is 2.64. The van der Waals surface area contributed by atoms with Crippen LogP contribution < -0.4 is 21.1 Å². The second-order valence-corrected chi connectivity index (χ2v) is 20.3. The third-order valence-corrected chi connectivity index (χ3v) is 15.9. The van der Waals surface area contributed by atoms with Gasteiger partial charge in [0.1, 0.15) is 11.2 Å². The summed E-state index contributed by atoms with van der Waals surface area (Å²) >= 11 is 0. The summed E-state index contributed by atoms with van der Waals surface area (Å²) in [6.07, 6.45) is 2.35. The molecule has 0 atom stereocenters. The third-order valence-electron chi connectivity index (χ3n) is 15.9. The number of para-hydroxylation sites is 3. The second kappa shape index (κ2) is 12.9. The van der Waals surface area contributed by atoms with Crippen molar-refractivity contribution in [3.05, 3.63) is 209 Å². The summed E-state index contributed by atoms with van der Waals surface area (Å²) in [4.78, 5) is 2.64. The Bertz CT molecular complexity index is 3660. The van der Waals surface area contributed by atoms with E-state index in [0.717, 1.165) is 46.2 Å². The first-order valence-electron chi connectivity index (χ1n) is 23.4. The second-order valence-electron chi connectivity index (χ2n) is 20.3. The highest BCUT2D eigenvalue weighted by Gasteiger charge is 2.53. The number of hydrogen-bond acceptors (Lipinski definition) is 3. The van der Waals surface area contributed by atoms with Crippen LogP contribution in [0.2, 0.25) is 0 Å². The SMILES string of the molecule is CC1(C)CCC(C)(C)c2cc(Nc3ccc4c(oc5ccccc54)c3-c3cc4ccccc4c4c3Bc3cccc5c3N4c3ccccc3C53c4ccccc4-c4ccccc43)ccc21. The molecular formula is C61H47BN2O. The largest absolute Gasteiger partial charge is 0.455 e. The van der Waals surface area contributed by atoms with Gasteiger partial charge in [-0.2, -0.15) is 0 Å². The van der Waals surface area contributed by atoms with Gasteiger partial charge in [-0.05, 0) is 127 Å². The number of nitrogens with zero attached hydrogens (tertiary/aromatic N) is 1. The smallest absolute Gasteiger partial charge is 0.198 e. The van der Waals surface area contributed by atoms with Crippen LogP contribution in [0.3, 0.4) is 0 Å². The zero-order chi connectivity index (χ0) is 43.4. The van der Waals surface area contributed by atoms with Gasteiger partial charge in [0.25, 0.3) is 0 Å². The van der Waals surface area contributed by atoms with Crippen LogP contribution in [0, 0.1) is 0 Å². The maximum atomic E-state index is 7.06. The number of fused-ring (bicyclic) bond motifs is 17. The molecule has 0 unspecified atom stereocenters. The summed E-state index contributed by atoms with van der Waals surface area (Å²) in [5.41, 5.74) is 23.3. The van der Waals surface area contributed by atoms with Crippen molar-refractivity contribution in [2.75, 3.05) is 10.2 Å². The zero-order valence-electron chi connectivity index (χ0n) is 37.2. The Hall–Kier alpha value is -7.30. The fourth-order valence-corrected chi connectivity index (χ4v) is 12.8. The molecule has 3 heterocycles. The molecule has 2 aliphatic carbocycles.